The molecule has 84 valence electrons. The zero-order chi connectivity index (χ0) is 11.3. The molecule has 0 amide bonds. The van der Waals surface area contributed by atoms with Crippen LogP contribution in [0.4, 0.5) is 13.2 Å². The number of fused-ring (bicyclic) bond motifs is 2. The summed E-state index contributed by atoms with van der Waals surface area (Å²) in [4.78, 5) is 11.4. The van der Waals surface area contributed by atoms with Crippen LogP contribution >= 0.6 is 0 Å². The summed E-state index contributed by atoms with van der Waals surface area (Å²) < 4.78 is 43.3. The lowest BCUT2D eigenvalue weighted by molar-refractivity contribution is -0.240. The first kappa shape index (κ1) is 10.5. The first-order valence-corrected chi connectivity index (χ1v) is 4.75. The highest BCUT2D eigenvalue weighted by molar-refractivity contribution is 5.79. The summed E-state index contributed by atoms with van der Waals surface area (Å²) in [6.45, 7) is 0. The number of ether oxygens (including phenoxy) is 1. The smallest absolute Gasteiger partial charge is 0.405 e. The van der Waals surface area contributed by atoms with Gasteiger partial charge in [0.25, 0.3) is 0 Å². The number of hydrogen-bond acceptors (Lipinski definition) is 2. The molecule has 0 heterocycles. The quantitative estimate of drug-likeness (QED) is 0.500. The first-order valence-electron chi connectivity index (χ1n) is 4.75. The van der Waals surface area contributed by atoms with E-state index in [4.69, 9.17) is 0 Å². The lowest BCUT2D eigenvalue weighted by Crippen LogP contribution is -2.48. The number of hydrogen-bond donors (Lipinski definition) is 0. The van der Waals surface area contributed by atoms with Gasteiger partial charge in [0.2, 0.25) is 0 Å². The lowest BCUT2D eigenvalue weighted by atomic mass is 9.75. The van der Waals surface area contributed by atoms with Crippen LogP contribution in [0.5, 0.6) is 0 Å². The predicted octanol–water partition coefficient (Wildman–Crippen LogP) is 2.30. The van der Waals surface area contributed by atoms with Crippen molar-refractivity contribution in [2.45, 2.75) is 19.0 Å². The van der Waals surface area contributed by atoms with E-state index in [9.17, 15) is 18.0 Å². The van der Waals surface area contributed by atoms with E-state index in [1.54, 1.807) is 6.08 Å². The highest BCUT2D eigenvalue weighted by Gasteiger charge is 2.69. The SMILES string of the molecule is COC(=O)[C@]1(C(F)(F)F)C[C@@H]2C=C[C@H]1C2. The monoisotopic (exact) mass is 220 g/mol. The molecule has 0 aromatic heterocycles. The molecule has 0 radical (unpaired) electrons. The fourth-order valence-corrected chi connectivity index (χ4v) is 2.71. The van der Waals surface area contributed by atoms with Gasteiger partial charge < -0.3 is 4.74 Å². The second kappa shape index (κ2) is 3.00. The maximum absolute atomic E-state index is 13.0. The van der Waals surface area contributed by atoms with Crippen LogP contribution in [0.25, 0.3) is 0 Å². The van der Waals surface area contributed by atoms with Gasteiger partial charge in [0.15, 0.2) is 5.41 Å². The fraction of sp³-hybridized carbons (Fsp3) is 0.700. The van der Waals surface area contributed by atoms with Crippen LogP contribution in [-0.4, -0.2) is 19.3 Å². The van der Waals surface area contributed by atoms with Crippen LogP contribution in [0.3, 0.4) is 0 Å². The molecular weight excluding hydrogens is 209 g/mol. The third-order valence-corrected chi connectivity index (χ3v) is 3.44. The van der Waals surface area contributed by atoms with E-state index >= 15 is 0 Å². The molecule has 0 N–H and O–H groups in total. The molecule has 5 heteroatoms. The Morgan fingerprint density at radius 2 is 2.13 bits per heavy atom. The Hall–Kier alpha value is -1.00. The highest BCUT2D eigenvalue weighted by atomic mass is 19.4. The Labute approximate surface area is 85.1 Å². The molecule has 3 atom stereocenters. The van der Waals surface area contributed by atoms with Crippen LogP contribution in [-0.2, 0) is 9.53 Å². The van der Waals surface area contributed by atoms with Crippen LogP contribution < -0.4 is 0 Å². The molecule has 1 fully saturated rings. The van der Waals surface area contributed by atoms with Crippen molar-refractivity contribution in [3.05, 3.63) is 12.2 Å². The zero-order valence-electron chi connectivity index (χ0n) is 8.17. The number of rotatable bonds is 1. The van der Waals surface area contributed by atoms with E-state index in [1.165, 1.54) is 6.08 Å². The molecule has 15 heavy (non-hydrogen) atoms. The average molecular weight is 220 g/mol. The summed E-state index contributed by atoms with van der Waals surface area (Å²) in [6, 6.07) is 0. The molecule has 0 unspecified atom stereocenters. The maximum Gasteiger partial charge on any atom is 0.405 e. The number of carbonyl (C=O) groups excluding carboxylic acids is 1. The minimum atomic E-state index is -4.52. The van der Waals surface area contributed by atoms with Gasteiger partial charge in [-0.3, -0.25) is 4.79 Å². The van der Waals surface area contributed by atoms with E-state index in [2.05, 4.69) is 4.74 Å². The van der Waals surface area contributed by atoms with E-state index in [-0.39, 0.29) is 12.3 Å². The normalized spacial score (nSPS) is 38.4. The van der Waals surface area contributed by atoms with Gasteiger partial charge in [0.05, 0.1) is 7.11 Å². The number of methoxy groups -OCH3 is 1. The summed E-state index contributed by atoms with van der Waals surface area (Å²) in [5.41, 5.74) is -2.29. The summed E-state index contributed by atoms with van der Waals surface area (Å²) in [7, 11) is 1.01. The van der Waals surface area contributed by atoms with Crippen molar-refractivity contribution >= 4 is 5.97 Å². The lowest BCUT2D eigenvalue weighted by Gasteiger charge is -2.34. The van der Waals surface area contributed by atoms with Crippen molar-refractivity contribution in [3.63, 3.8) is 0 Å². The number of alkyl halides is 3. The largest absolute Gasteiger partial charge is 0.468 e. The molecular formula is C10H11F3O2. The topological polar surface area (TPSA) is 26.3 Å². The number of allylic oxidation sites excluding steroid dienone is 2. The maximum atomic E-state index is 13.0. The molecule has 2 aliphatic rings. The van der Waals surface area contributed by atoms with E-state index in [0.29, 0.717) is 6.42 Å². The number of esters is 1. The zero-order valence-corrected chi connectivity index (χ0v) is 8.17. The van der Waals surface area contributed by atoms with E-state index < -0.39 is 23.5 Å². The molecule has 2 rings (SSSR count). The highest BCUT2D eigenvalue weighted by Crippen LogP contribution is 2.60. The van der Waals surface area contributed by atoms with Gasteiger partial charge >= 0.3 is 12.1 Å². The minimum Gasteiger partial charge on any atom is -0.468 e. The van der Waals surface area contributed by atoms with Crippen molar-refractivity contribution in [3.8, 4) is 0 Å². The second-order valence-corrected chi connectivity index (χ2v) is 4.15. The van der Waals surface area contributed by atoms with Crippen LogP contribution in [0.15, 0.2) is 12.2 Å². The summed E-state index contributed by atoms with van der Waals surface area (Å²) in [5, 5.41) is 0. The van der Waals surface area contributed by atoms with Crippen LogP contribution in [0, 0.1) is 17.3 Å². The third kappa shape index (κ3) is 1.21. The molecule has 2 bridgehead atoms. The second-order valence-electron chi connectivity index (χ2n) is 4.15. The van der Waals surface area contributed by atoms with Crippen molar-refractivity contribution < 1.29 is 22.7 Å². The molecule has 0 spiro atoms. The van der Waals surface area contributed by atoms with Crippen molar-refractivity contribution in [2.75, 3.05) is 7.11 Å². The Balaban J connectivity index is 2.42. The van der Waals surface area contributed by atoms with E-state index in [0.717, 1.165) is 7.11 Å². The van der Waals surface area contributed by atoms with Gasteiger partial charge in [0, 0.05) is 5.92 Å². The Morgan fingerprint density at radius 1 is 1.47 bits per heavy atom. The van der Waals surface area contributed by atoms with Crippen LogP contribution in [0.1, 0.15) is 12.8 Å². The molecule has 0 aliphatic heterocycles. The van der Waals surface area contributed by atoms with Gasteiger partial charge in [-0.2, -0.15) is 13.2 Å². The molecule has 0 aromatic rings. The first-order chi connectivity index (χ1) is 6.91. The molecule has 1 saturated carbocycles. The van der Waals surface area contributed by atoms with Crippen molar-refractivity contribution in [1.29, 1.82) is 0 Å². The van der Waals surface area contributed by atoms with Crippen molar-refractivity contribution in [2.24, 2.45) is 17.3 Å². The van der Waals surface area contributed by atoms with Gasteiger partial charge in [-0.15, -0.1) is 0 Å². The van der Waals surface area contributed by atoms with Crippen LogP contribution in [0.2, 0.25) is 0 Å². The number of halogens is 3. The summed E-state index contributed by atoms with van der Waals surface area (Å²) >= 11 is 0. The standard InChI is InChI=1S/C10H11F3O2/c1-15-8(14)9(10(11,12)13)5-6-2-3-7(9)4-6/h2-3,6-7H,4-5H2,1H3/t6-,7+,9+/m1/s1. The van der Waals surface area contributed by atoms with Gasteiger partial charge in [0.1, 0.15) is 0 Å². The average Bonchev–Trinajstić information content (AvgIpc) is 2.74. The Bertz CT molecular complexity index is 321. The van der Waals surface area contributed by atoms with Gasteiger partial charge in [-0.05, 0) is 18.8 Å². The van der Waals surface area contributed by atoms with Crippen molar-refractivity contribution in [1.82, 2.24) is 0 Å². The third-order valence-electron chi connectivity index (χ3n) is 3.44. The van der Waals surface area contributed by atoms with Gasteiger partial charge in [-0.1, -0.05) is 12.2 Å². The Kier molecular flexibility index (Phi) is 2.10. The number of carbonyl (C=O) groups is 1. The Morgan fingerprint density at radius 3 is 2.47 bits per heavy atom. The fourth-order valence-electron chi connectivity index (χ4n) is 2.71. The summed E-state index contributed by atoms with van der Waals surface area (Å²) in [6.07, 6.45) is -1.01. The molecule has 0 aromatic carbocycles. The molecule has 2 aliphatic carbocycles. The van der Waals surface area contributed by atoms with Gasteiger partial charge in [-0.25, -0.2) is 0 Å². The molecule has 2 nitrogen and oxygen atoms in total. The summed E-state index contributed by atoms with van der Waals surface area (Å²) in [5.74, 6) is -2.02. The van der Waals surface area contributed by atoms with E-state index in [1.807, 2.05) is 0 Å². The predicted molar refractivity (Wildman–Crippen MR) is 45.9 cm³/mol. The minimum absolute atomic E-state index is 0.129. The molecule has 0 saturated heterocycles.